The van der Waals surface area contributed by atoms with Crippen LogP contribution in [-0.2, 0) is 14.1 Å². The van der Waals surface area contributed by atoms with Crippen LogP contribution in [0.25, 0.3) is 94.7 Å². The van der Waals surface area contributed by atoms with E-state index in [-0.39, 0.29) is 0 Å². The summed E-state index contributed by atoms with van der Waals surface area (Å²) < 4.78 is 9.78. The summed E-state index contributed by atoms with van der Waals surface area (Å²) in [4.78, 5) is 4.80. The molecule has 14 rings (SSSR count). The average Bonchev–Trinajstić information content (AvgIpc) is 4.07. The SMILES string of the molecule is Cn1c2ccccc2c2cc(N(c3ccccc3)c3ccc4c(c3)sc3cc5cc6sc7cc(N(c8ccccc8)c8ccc9c(c8)c8ccccc8n9C)ccc7c6cc5cc34)ccc21. The lowest BCUT2D eigenvalue weighted by Crippen LogP contribution is -2.09. The highest BCUT2D eigenvalue weighted by Gasteiger charge is 2.20. The summed E-state index contributed by atoms with van der Waals surface area (Å²) in [5, 5.41) is 12.8. The predicted octanol–water partition coefficient (Wildman–Crippen LogP) is 17.8. The van der Waals surface area contributed by atoms with Gasteiger partial charge in [0.25, 0.3) is 0 Å². The van der Waals surface area contributed by atoms with Crippen LogP contribution in [0.15, 0.2) is 206 Å². The Labute approximate surface area is 388 Å². The second kappa shape index (κ2) is 14.3. The van der Waals surface area contributed by atoms with E-state index in [0.717, 1.165) is 34.1 Å². The van der Waals surface area contributed by atoms with E-state index in [4.69, 9.17) is 0 Å². The highest BCUT2D eigenvalue weighted by molar-refractivity contribution is 7.26. The van der Waals surface area contributed by atoms with Crippen LogP contribution < -0.4 is 9.80 Å². The molecule has 4 heterocycles. The number of fused-ring (bicyclic) bond motifs is 13. The molecule has 0 aliphatic heterocycles. The maximum atomic E-state index is 2.42. The van der Waals surface area contributed by atoms with E-state index >= 15 is 0 Å². The van der Waals surface area contributed by atoms with Gasteiger partial charge in [0, 0.05) is 132 Å². The molecular weight excluding hydrogens is 841 g/mol. The molecule has 0 aliphatic rings. The van der Waals surface area contributed by atoms with Crippen LogP contribution in [0, 0.1) is 0 Å². The monoisotopic (exact) mass is 880 g/mol. The van der Waals surface area contributed by atoms with Crippen LogP contribution in [0.4, 0.5) is 34.1 Å². The Balaban J connectivity index is 0.865. The average molecular weight is 881 g/mol. The van der Waals surface area contributed by atoms with Crippen molar-refractivity contribution in [1.82, 2.24) is 9.13 Å². The number of anilines is 6. The van der Waals surface area contributed by atoms with Crippen LogP contribution in [0.1, 0.15) is 0 Å². The number of nitrogens with zero attached hydrogens (tertiary/aromatic N) is 4. The van der Waals surface area contributed by atoms with Crippen molar-refractivity contribution in [1.29, 1.82) is 0 Å². The molecule has 14 aromatic rings. The van der Waals surface area contributed by atoms with Crippen LogP contribution in [0.5, 0.6) is 0 Å². The van der Waals surface area contributed by atoms with E-state index in [2.05, 4.69) is 239 Å². The fraction of sp³-hybridized carbons (Fsp3) is 0.0333. The Kier molecular flexibility index (Phi) is 8.12. The number of para-hydroxylation sites is 4. The first-order valence-corrected chi connectivity index (χ1v) is 24.1. The summed E-state index contributed by atoms with van der Waals surface area (Å²) in [6.07, 6.45) is 0. The van der Waals surface area contributed by atoms with Crippen molar-refractivity contribution in [3.63, 3.8) is 0 Å². The largest absolute Gasteiger partial charge is 0.344 e. The van der Waals surface area contributed by atoms with Gasteiger partial charge in [0.2, 0.25) is 0 Å². The van der Waals surface area contributed by atoms with E-state index in [1.54, 1.807) is 0 Å². The fourth-order valence-electron chi connectivity index (χ4n) is 10.7. The van der Waals surface area contributed by atoms with Crippen molar-refractivity contribution in [2.75, 3.05) is 9.80 Å². The first-order valence-electron chi connectivity index (χ1n) is 22.4. The van der Waals surface area contributed by atoms with Crippen molar-refractivity contribution in [2.45, 2.75) is 0 Å². The fourth-order valence-corrected chi connectivity index (χ4v) is 13.0. The summed E-state index contributed by atoms with van der Waals surface area (Å²) in [5.41, 5.74) is 11.8. The van der Waals surface area contributed by atoms with Crippen molar-refractivity contribution in [2.24, 2.45) is 14.1 Å². The minimum Gasteiger partial charge on any atom is -0.344 e. The third kappa shape index (κ3) is 5.62. The zero-order valence-electron chi connectivity index (χ0n) is 36.2. The molecule has 0 amide bonds. The van der Waals surface area contributed by atoms with Crippen molar-refractivity contribution in [3.05, 3.63) is 206 Å². The third-order valence-electron chi connectivity index (χ3n) is 13.8. The Morgan fingerprint density at radius 2 is 0.636 bits per heavy atom. The summed E-state index contributed by atoms with van der Waals surface area (Å²) in [6, 6.07) is 76.4. The Bertz CT molecular complexity index is 4000. The van der Waals surface area contributed by atoms with E-state index in [1.165, 1.54) is 94.7 Å². The molecule has 0 aliphatic carbocycles. The first-order chi connectivity index (χ1) is 32.5. The normalized spacial score (nSPS) is 12.1. The zero-order chi connectivity index (χ0) is 43.6. The number of thiophene rings is 2. The van der Waals surface area contributed by atoms with Gasteiger partial charge in [-0.1, -0.05) is 84.9 Å². The molecule has 0 saturated carbocycles. The molecule has 0 atom stereocenters. The molecule has 0 spiro atoms. The van der Waals surface area contributed by atoms with E-state index < -0.39 is 0 Å². The molecule has 0 N–H and O–H groups in total. The summed E-state index contributed by atoms with van der Waals surface area (Å²) >= 11 is 3.77. The molecule has 0 fully saturated rings. The molecule has 6 heteroatoms. The Morgan fingerprint density at radius 3 is 1.11 bits per heavy atom. The highest BCUT2D eigenvalue weighted by atomic mass is 32.1. The molecular formula is C60H40N4S2. The lowest BCUT2D eigenvalue weighted by molar-refractivity contribution is 1.01. The van der Waals surface area contributed by atoms with Crippen molar-refractivity contribution in [3.8, 4) is 0 Å². The van der Waals surface area contributed by atoms with Gasteiger partial charge in [-0.25, -0.2) is 0 Å². The van der Waals surface area contributed by atoms with Crippen molar-refractivity contribution >= 4 is 152 Å². The van der Waals surface area contributed by atoms with E-state index in [1.807, 2.05) is 22.7 Å². The quantitative estimate of drug-likeness (QED) is 0.165. The standard InChI is InChI=1S/C60H40N4S2/c1-61-53-19-11-9-17-45(53)49-33-41(23-27-55(49)61)63(39-13-5-3-6-14-39)43-21-25-47-51-29-37-30-52-48-26-22-44(36-60(48)66-58(52)32-38(37)31-57(51)65-59(47)35-43)64(40-15-7-4-8-16-40)42-24-28-56-50(34-42)46-18-10-12-20-54(46)62(56)2/h3-36H,1-2H3. The molecule has 0 bridgehead atoms. The maximum absolute atomic E-state index is 2.42. The van der Waals surface area contributed by atoms with Gasteiger partial charge >= 0.3 is 0 Å². The van der Waals surface area contributed by atoms with Gasteiger partial charge in [-0.3, -0.25) is 0 Å². The molecule has 312 valence electrons. The number of aryl methyl sites for hydroxylation is 2. The van der Waals surface area contributed by atoms with E-state index in [9.17, 15) is 0 Å². The minimum absolute atomic E-state index is 1.14. The smallest absolute Gasteiger partial charge is 0.0490 e. The topological polar surface area (TPSA) is 16.3 Å². The first kappa shape index (κ1) is 37.5. The van der Waals surface area contributed by atoms with Crippen LogP contribution in [0.3, 0.4) is 0 Å². The van der Waals surface area contributed by atoms with Crippen LogP contribution >= 0.6 is 22.7 Å². The van der Waals surface area contributed by atoms with Crippen LogP contribution in [-0.4, -0.2) is 9.13 Å². The molecule has 66 heavy (non-hydrogen) atoms. The van der Waals surface area contributed by atoms with Crippen LogP contribution in [0.2, 0.25) is 0 Å². The van der Waals surface area contributed by atoms with Gasteiger partial charge in [-0.05, 0) is 132 Å². The van der Waals surface area contributed by atoms with Gasteiger partial charge < -0.3 is 18.9 Å². The van der Waals surface area contributed by atoms with Crippen molar-refractivity contribution < 1.29 is 0 Å². The van der Waals surface area contributed by atoms with Gasteiger partial charge in [0.15, 0.2) is 0 Å². The molecule has 0 unspecified atom stereocenters. The molecule has 10 aromatic carbocycles. The molecule has 4 nitrogen and oxygen atoms in total. The number of rotatable bonds is 6. The minimum atomic E-state index is 1.14. The summed E-state index contributed by atoms with van der Waals surface area (Å²) in [6.45, 7) is 0. The number of hydrogen-bond acceptors (Lipinski definition) is 4. The predicted molar refractivity (Wildman–Crippen MR) is 287 cm³/mol. The molecule has 0 radical (unpaired) electrons. The second-order valence-corrected chi connectivity index (χ2v) is 19.7. The van der Waals surface area contributed by atoms with Gasteiger partial charge in [-0.2, -0.15) is 0 Å². The Hall–Kier alpha value is -7.90. The second-order valence-electron chi connectivity index (χ2n) is 17.5. The zero-order valence-corrected chi connectivity index (χ0v) is 37.9. The lowest BCUT2D eigenvalue weighted by atomic mass is 10.0. The summed E-state index contributed by atoms with van der Waals surface area (Å²) in [7, 11) is 4.32. The van der Waals surface area contributed by atoms with Gasteiger partial charge in [0.1, 0.15) is 0 Å². The van der Waals surface area contributed by atoms with Gasteiger partial charge in [-0.15, -0.1) is 22.7 Å². The van der Waals surface area contributed by atoms with E-state index in [0.29, 0.717) is 0 Å². The maximum Gasteiger partial charge on any atom is 0.0490 e. The van der Waals surface area contributed by atoms with Gasteiger partial charge in [0.05, 0.1) is 0 Å². The lowest BCUT2D eigenvalue weighted by Gasteiger charge is -2.25. The molecule has 4 aromatic heterocycles. The summed E-state index contributed by atoms with van der Waals surface area (Å²) in [5.74, 6) is 0. The Morgan fingerprint density at radius 1 is 0.273 bits per heavy atom. The third-order valence-corrected chi connectivity index (χ3v) is 16.1. The molecule has 0 saturated heterocycles. The number of benzene rings is 10. The highest BCUT2D eigenvalue weighted by Crippen LogP contribution is 2.46. The number of hydrogen-bond donors (Lipinski definition) is 0. The number of aromatic nitrogens is 2.